The molecule has 0 fully saturated rings. The average Bonchev–Trinajstić information content (AvgIpc) is 2.47. The summed E-state index contributed by atoms with van der Waals surface area (Å²) in [6, 6.07) is 6.81. The van der Waals surface area contributed by atoms with Crippen LogP contribution < -0.4 is 4.74 Å². The Morgan fingerprint density at radius 2 is 1.86 bits per heavy atom. The lowest BCUT2D eigenvalue weighted by molar-refractivity contribution is -0.134. The molecule has 0 bridgehead atoms. The second-order valence-electron chi connectivity index (χ2n) is 4.97. The number of hydrogen-bond donors (Lipinski definition) is 0. The second-order valence-corrected chi connectivity index (χ2v) is 8.28. The summed E-state index contributed by atoms with van der Waals surface area (Å²) in [7, 11) is -3.12. The van der Waals surface area contributed by atoms with Gasteiger partial charge in [-0.25, -0.2) is 8.42 Å². The molecule has 0 saturated carbocycles. The van der Waals surface area contributed by atoms with Crippen molar-refractivity contribution in [2.45, 2.75) is 26.8 Å². The summed E-state index contributed by atoms with van der Waals surface area (Å²) < 4.78 is 29.8. The van der Waals surface area contributed by atoms with Crippen molar-refractivity contribution in [1.82, 2.24) is 4.90 Å². The molecule has 1 aromatic rings. The first-order chi connectivity index (χ1) is 10.3. The highest BCUT2D eigenvalue weighted by Gasteiger charge is 2.23. The Kier molecular flexibility index (Phi) is 7.35. The number of nitrogens with zero attached hydrogens (tertiary/aromatic N) is 1. The molecule has 22 heavy (non-hydrogen) atoms. The van der Waals surface area contributed by atoms with Gasteiger partial charge in [-0.05, 0) is 38.1 Å². The summed E-state index contributed by atoms with van der Waals surface area (Å²) in [5.74, 6) is 0.436. The molecule has 1 unspecified atom stereocenters. The van der Waals surface area contributed by atoms with Gasteiger partial charge in [-0.15, -0.1) is 0 Å². The number of likely N-dealkylation sites (N-methyl/N-ethyl adjacent to an activating group) is 1. The number of ether oxygens (including phenoxy) is 1. The molecule has 1 aromatic carbocycles. The van der Waals surface area contributed by atoms with E-state index < -0.39 is 9.84 Å². The lowest BCUT2D eigenvalue weighted by atomic mass is 10.3. The highest BCUT2D eigenvalue weighted by Crippen LogP contribution is 2.16. The molecule has 124 valence electrons. The van der Waals surface area contributed by atoms with Gasteiger partial charge in [-0.2, -0.15) is 0 Å². The molecule has 0 aromatic heterocycles. The fourth-order valence-electron chi connectivity index (χ4n) is 2.07. The van der Waals surface area contributed by atoms with E-state index in [0.29, 0.717) is 12.3 Å². The van der Waals surface area contributed by atoms with Crippen LogP contribution in [0.4, 0.5) is 0 Å². The van der Waals surface area contributed by atoms with Crippen molar-refractivity contribution < 1.29 is 17.9 Å². The van der Waals surface area contributed by atoms with Crippen molar-refractivity contribution in [3.05, 3.63) is 28.7 Å². The van der Waals surface area contributed by atoms with E-state index in [0.717, 1.165) is 4.47 Å². The maximum absolute atomic E-state index is 12.2. The van der Waals surface area contributed by atoms with E-state index in [-0.39, 0.29) is 30.1 Å². The van der Waals surface area contributed by atoms with Gasteiger partial charge in [0.2, 0.25) is 0 Å². The Hall–Kier alpha value is -1.08. The fraction of sp³-hybridized carbons (Fsp3) is 0.533. The van der Waals surface area contributed by atoms with Crippen molar-refractivity contribution in [1.29, 1.82) is 0 Å². The minimum atomic E-state index is -3.12. The van der Waals surface area contributed by atoms with E-state index >= 15 is 0 Å². The molecule has 0 N–H and O–H groups in total. The van der Waals surface area contributed by atoms with Crippen LogP contribution in [-0.2, 0) is 14.6 Å². The lowest BCUT2D eigenvalue weighted by Crippen LogP contribution is -2.44. The Morgan fingerprint density at radius 1 is 1.27 bits per heavy atom. The molecule has 1 rings (SSSR count). The molecule has 1 atom stereocenters. The highest BCUT2D eigenvalue weighted by molar-refractivity contribution is 9.10. The van der Waals surface area contributed by atoms with Gasteiger partial charge in [0.15, 0.2) is 16.4 Å². The third kappa shape index (κ3) is 5.96. The SMILES string of the molecule is CCN(C(=O)COc1ccc(Br)cc1)C(C)CS(=O)(=O)CC. The topological polar surface area (TPSA) is 63.7 Å². The number of hydrogen-bond acceptors (Lipinski definition) is 4. The molecule has 0 aliphatic heterocycles. The largest absolute Gasteiger partial charge is 0.484 e. The Bertz CT molecular complexity index is 586. The van der Waals surface area contributed by atoms with Gasteiger partial charge in [-0.3, -0.25) is 4.79 Å². The van der Waals surface area contributed by atoms with Crippen LogP contribution in [0.15, 0.2) is 28.7 Å². The minimum absolute atomic E-state index is 0.0264. The number of sulfone groups is 1. The molecule has 7 heteroatoms. The molecule has 1 amide bonds. The second kappa shape index (κ2) is 8.53. The molecule has 0 radical (unpaired) electrons. The van der Waals surface area contributed by atoms with Gasteiger partial charge in [0.1, 0.15) is 5.75 Å². The number of benzene rings is 1. The Balaban J connectivity index is 2.62. The van der Waals surface area contributed by atoms with E-state index in [1.165, 1.54) is 4.90 Å². The Labute approximate surface area is 140 Å². The predicted octanol–water partition coefficient (Wildman–Crippen LogP) is 2.50. The quantitative estimate of drug-likeness (QED) is 0.682. The average molecular weight is 392 g/mol. The molecular formula is C15H22BrNO4S. The zero-order valence-corrected chi connectivity index (χ0v) is 15.5. The first kappa shape index (κ1) is 19.0. The van der Waals surface area contributed by atoms with E-state index in [1.807, 2.05) is 19.1 Å². The van der Waals surface area contributed by atoms with Crippen molar-refractivity contribution >= 4 is 31.7 Å². The molecular weight excluding hydrogens is 370 g/mol. The highest BCUT2D eigenvalue weighted by atomic mass is 79.9. The zero-order chi connectivity index (χ0) is 16.8. The van der Waals surface area contributed by atoms with Gasteiger partial charge < -0.3 is 9.64 Å². The molecule has 0 aliphatic rings. The number of rotatable bonds is 8. The summed E-state index contributed by atoms with van der Waals surface area (Å²) in [5.41, 5.74) is 0. The van der Waals surface area contributed by atoms with Crippen LogP contribution in [0.1, 0.15) is 20.8 Å². The summed E-state index contributed by atoms with van der Waals surface area (Å²) in [5, 5.41) is 0. The van der Waals surface area contributed by atoms with Gasteiger partial charge >= 0.3 is 0 Å². The number of carbonyl (C=O) groups is 1. The number of halogens is 1. The maximum Gasteiger partial charge on any atom is 0.260 e. The minimum Gasteiger partial charge on any atom is -0.484 e. The molecule has 0 spiro atoms. The molecule has 0 heterocycles. The zero-order valence-electron chi connectivity index (χ0n) is 13.1. The standard InChI is InChI=1S/C15H22BrNO4S/c1-4-17(12(3)11-22(19,20)5-2)15(18)10-21-14-8-6-13(16)7-9-14/h6-9,12H,4-5,10-11H2,1-3H3. The third-order valence-electron chi connectivity index (χ3n) is 3.30. The summed E-state index contributed by atoms with van der Waals surface area (Å²) in [6.45, 7) is 5.52. The van der Waals surface area contributed by atoms with Crippen molar-refractivity contribution in [2.24, 2.45) is 0 Å². The number of amides is 1. The third-order valence-corrected chi connectivity index (χ3v) is 5.70. The van der Waals surface area contributed by atoms with E-state index in [9.17, 15) is 13.2 Å². The first-order valence-corrected chi connectivity index (χ1v) is 9.78. The first-order valence-electron chi connectivity index (χ1n) is 7.17. The molecule has 0 saturated heterocycles. The van der Waals surface area contributed by atoms with Crippen LogP contribution >= 0.6 is 15.9 Å². The van der Waals surface area contributed by atoms with E-state index in [4.69, 9.17) is 4.74 Å². The van der Waals surface area contributed by atoms with Crippen LogP contribution in [0.25, 0.3) is 0 Å². The van der Waals surface area contributed by atoms with E-state index in [2.05, 4.69) is 15.9 Å². The summed E-state index contributed by atoms with van der Waals surface area (Å²) in [6.07, 6.45) is 0. The smallest absolute Gasteiger partial charge is 0.260 e. The predicted molar refractivity (Wildman–Crippen MR) is 90.8 cm³/mol. The molecule has 5 nitrogen and oxygen atoms in total. The van der Waals surface area contributed by atoms with Crippen LogP contribution in [0.3, 0.4) is 0 Å². The summed E-state index contributed by atoms with van der Waals surface area (Å²) >= 11 is 3.33. The van der Waals surface area contributed by atoms with Crippen molar-refractivity contribution in [3.63, 3.8) is 0 Å². The van der Waals surface area contributed by atoms with Crippen LogP contribution in [0, 0.1) is 0 Å². The van der Waals surface area contributed by atoms with Crippen LogP contribution in [0.2, 0.25) is 0 Å². The monoisotopic (exact) mass is 391 g/mol. The fourth-order valence-corrected chi connectivity index (χ4v) is 3.48. The van der Waals surface area contributed by atoms with Gasteiger partial charge in [0.05, 0.1) is 5.75 Å². The van der Waals surface area contributed by atoms with Gasteiger partial charge in [0, 0.05) is 22.8 Å². The van der Waals surface area contributed by atoms with E-state index in [1.54, 1.807) is 26.0 Å². The van der Waals surface area contributed by atoms with Crippen molar-refractivity contribution in [3.8, 4) is 5.75 Å². The normalized spacial score (nSPS) is 12.7. The van der Waals surface area contributed by atoms with Gasteiger partial charge in [-0.1, -0.05) is 22.9 Å². The molecule has 0 aliphatic carbocycles. The van der Waals surface area contributed by atoms with Crippen LogP contribution in [-0.4, -0.2) is 49.9 Å². The summed E-state index contributed by atoms with van der Waals surface area (Å²) in [4.78, 5) is 13.8. The van der Waals surface area contributed by atoms with Crippen molar-refractivity contribution in [2.75, 3.05) is 24.7 Å². The lowest BCUT2D eigenvalue weighted by Gasteiger charge is -2.27. The maximum atomic E-state index is 12.2. The Morgan fingerprint density at radius 3 is 2.36 bits per heavy atom. The number of carbonyl (C=O) groups excluding carboxylic acids is 1. The van der Waals surface area contributed by atoms with Crippen LogP contribution in [0.5, 0.6) is 5.75 Å². The van der Waals surface area contributed by atoms with Gasteiger partial charge in [0.25, 0.3) is 5.91 Å².